The summed E-state index contributed by atoms with van der Waals surface area (Å²) in [7, 11) is 0. The predicted octanol–water partition coefficient (Wildman–Crippen LogP) is 3.06. The number of imide groups is 1. The Kier molecular flexibility index (Phi) is 5.73. The first kappa shape index (κ1) is 21.2. The van der Waals surface area contributed by atoms with Gasteiger partial charge in [0, 0.05) is 12.4 Å². The van der Waals surface area contributed by atoms with Crippen LogP contribution in [0.5, 0.6) is 0 Å². The molecule has 1 aliphatic rings. The molecule has 7 nitrogen and oxygen atoms in total. The van der Waals surface area contributed by atoms with Crippen LogP contribution in [0.25, 0.3) is 0 Å². The lowest BCUT2D eigenvalue weighted by molar-refractivity contribution is -0.135. The molecule has 2 unspecified atom stereocenters. The molecule has 1 fully saturated rings. The fourth-order valence-corrected chi connectivity index (χ4v) is 3.83. The van der Waals surface area contributed by atoms with Crippen molar-refractivity contribution in [3.8, 4) is 0 Å². The van der Waals surface area contributed by atoms with Crippen LogP contribution in [0.3, 0.4) is 0 Å². The van der Waals surface area contributed by atoms with E-state index in [-0.39, 0.29) is 6.54 Å². The van der Waals surface area contributed by atoms with Gasteiger partial charge in [-0.15, -0.1) is 0 Å². The number of aryl methyl sites for hydroxylation is 1. The molecule has 1 aliphatic heterocycles. The molecule has 2 aromatic carbocycles. The molecule has 3 aromatic rings. The number of hydrogen-bond acceptors (Lipinski definition) is 4. The molecule has 32 heavy (non-hydrogen) atoms. The second-order valence-corrected chi connectivity index (χ2v) is 8.00. The normalized spacial score (nSPS) is 18.9. The van der Waals surface area contributed by atoms with Crippen molar-refractivity contribution < 1.29 is 14.4 Å². The Morgan fingerprint density at radius 1 is 1.00 bits per heavy atom. The van der Waals surface area contributed by atoms with Gasteiger partial charge in [-0.25, -0.2) is 4.79 Å². The lowest BCUT2D eigenvalue weighted by Gasteiger charge is -2.23. The van der Waals surface area contributed by atoms with Crippen molar-refractivity contribution in [3.05, 3.63) is 101 Å². The smallest absolute Gasteiger partial charge is 0.325 e. The van der Waals surface area contributed by atoms with Gasteiger partial charge >= 0.3 is 6.03 Å². The van der Waals surface area contributed by atoms with E-state index in [1.54, 1.807) is 19.3 Å². The van der Waals surface area contributed by atoms with E-state index in [1.165, 1.54) is 0 Å². The lowest BCUT2D eigenvalue weighted by Crippen LogP contribution is -2.44. The number of nitrogens with zero attached hydrogens (tertiary/aromatic N) is 2. The molecule has 0 spiro atoms. The van der Waals surface area contributed by atoms with Gasteiger partial charge in [0.05, 0.1) is 6.04 Å². The Labute approximate surface area is 186 Å². The van der Waals surface area contributed by atoms with E-state index in [0.29, 0.717) is 5.56 Å². The highest BCUT2D eigenvalue weighted by Gasteiger charge is 2.49. The quantitative estimate of drug-likeness (QED) is 0.591. The number of hydrogen-bond donors (Lipinski definition) is 2. The van der Waals surface area contributed by atoms with Crippen molar-refractivity contribution in [2.45, 2.75) is 25.4 Å². The highest BCUT2D eigenvalue weighted by molar-refractivity contribution is 6.09. The van der Waals surface area contributed by atoms with Gasteiger partial charge in [-0.05, 0) is 42.7 Å². The van der Waals surface area contributed by atoms with Crippen LogP contribution >= 0.6 is 0 Å². The second-order valence-electron chi connectivity index (χ2n) is 8.00. The summed E-state index contributed by atoms with van der Waals surface area (Å²) in [4.78, 5) is 43.7. The summed E-state index contributed by atoms with van der Waals surface area (Å²) in [6.07, 6.45) is 3.31. The summed E-state index contributed by atoms with van der Waals surface area (Å²) in [6.45, 7) is 3.23. The van der Waals surface area contributed by atoms with E-state index in [4.69, 9.17) is 0 Å². The first-order chi connectivity index (χ1) is 15.4. The van der Waals surface area contributed by atoms with E-state index in [9.17, 15) is 14.4 Å². The van der Waals surface area contributed by atoms with Crippen LogP contribution in [0.15, 0.2) is 79.1 Å². The van der Waals surface area contributed by atoms with Crippen LogP contribution in [0.2, 0.25) is 0 Å². The topological polar surface area (TPSA) is 91.4 Å². The lowest BCUT2D eigenvalue weighted by atomic mass is 9.91. The van der Waals surface area contributed by atoms with Crippen LogP contribution < -0.4 is 10.6 Å². The zero-order valence-corrected chi connectivity index (χ0v) is 17.9. The second kappa shape index (κ2) is 8.63. The number of benzene rings is 2. The van der Waals surface area contributed by atoms with Gasteiger partial charge in [-0.3, -0.25) is 19.5 Å². The standard InChI is InChI=1S/C25H24N4O3/c1-17-8-10-20(11-9-17)25(2)23(31)29(24(32)28-25)16-21(30)27-22(18-6-4-3-5-7-18)19-12-14-26-15-13-19/h3-15,22H,16H2,1-2H3,(H,27,30)(H,28,32). The Bertz CT molecular complexity index is 1090. The van der Waals surface area contributed by atoms with Crippen LogP contribution in [-0.4, -0.2) is 34.3 Å². The van der Waals surface area contributed by atoms with E-state index in [1.807, 2.05) is 73.7 Å². The van der Waals surface area contributed by atoms with E-state index in [0.717, 1.165) is 21.6 Å². The molecule has 7 heteroatoms. The molecule has 2 heterocycles. The Morgan fingerprint density at radius 3 is 2.28 bits per heavy atom. The van der Waals surface area contributed by atoms with Gasteiger partial charge in [0.1, 0.15) is 12.1 Å². The molecule has 162 valence electrons. The predicted molar refractivity (Wildman–Crippen MR) is 119 cm³/mol. The monoisotopic (exact) mass is 428 g/mol. The van der Waals surface area contributed by atoms with Crippen molar-refractivity contribution in [3.63, 3.8) is 0 Å². The fraction of sp³-hybridized carbons (Fsp3) is 0.200. The molecular formula is C25H24N4O3. The minimum absolute atomic E-state index is 0.374. The summed E-state index contributed by atoms with van der Waals surface area (Å²) in [5.74, 6) is -0.894. The number of carbonyl (C=O) groups excluding carboxylic acids is 3. The van der Waals surface area contributed by atoms with E-state index >= 15 is 0 Å². The third-order valence-corrected chi connectivity index (χ3v) is 5.68. The Hall–Kier alpha value is -4.00. The molecule has 2 N–H and O–H groups in total. The molecule has 0 saturated carbocycles. The Morgan fingerprint density at radius 2 is 1.62 bits per heavy atom. The molecule has 0 aliphatic carbocycles. The zero-order chi connectivity index (χ0) is 22.7. The largest absolute Gasteiger partial charge is 0.344 e. The van der Waals surface area contributed by atoms with Crippen molar-refractivity contribution in [1.82, 2.24) is 20.5 Å². The third kappa shape index (κ3) is 4.09. The van der Waals surface area contributed by atoms with Gasteiger partial charge in [-0.1, -0.05) is 60.2 Å². The molecule has 1 saturated heterocycles. The van der Waals surface area contributed by atoms with Gasteiger partial charge in [0.25, 0.3) is 5.91 Å². The summed E-state index contributed by atoms with van der Waals surface area (Å²) in [5, 5.41) is 5.69. The van der Waals surface area contributed by atoms with Crippen molar-refractivity contribution in [2.75, 3.05) is 6.54 Å². The van der Waals surface area contributed by atoms with Gasteiger partial charge in [-0.2, -0.15) is 0 Å². The number of rotatable bonds is 6. The van der Waals surface area contributed by atoms with E-state index in [2.05, 4.69) is 15.6 Å². The van der Waals surface area contributed by atoms with Crippen molar-refractivity contribution in [1.29, 1.82) is 0 Å². The summed E-state index contributed by atoms with van der Waals surface area (Å²) in [6, 6.07) is 19.5. The number of urea groups is 1. The molecule has 4 amide bonds. The molecule has 0 radical (unpaired) electrons. The molecular weight excluding hydrogens is 404 g/mol. The highest BCUT2D eigenvalue weighted by Crippen LogP contribution is 2.29. The molecule has 0 bridgehead atoms. The molecule has 1 aromatic heterocycles. The first-order valence-electron chi connectivity index (χ1n) is 10.3. The van der Waals surface area contributed by atoms with Crippen LogP contribution in [0.4, 0.5) is 4.79 Å². The first-order valence-corrected chi connectivity index (χ1v) is 10.3. The fourth-order valence-electron chi connectivity index (χ4n) is 3.83. The van der Waals surface area contributed by atoms with Crippen LogP contribution in [-0.2, 0) is 15.1 Å². The number of aromatic nitrogens is 1. The Balaban J connectivity index is 1.53. The van der Waals surface area contributed by atoms with Crippen LogP contribution in [0, 0.1) is 6.92 Å². The summed E-state index contributed by atoms with van der Waals surface area (Å²) >= 11 is 0. The maximum absolute atomic E-state index is 13.1. The number of amides is 4. The average Bonchev–Trinajstić information content (AvgIpc) is 3.03. The van der Waals surface area contributed by atoms with Crippen molar-refractivity contribution in [2.24, 2.45) is 0 Å². The van der Waals surface area contributed by atoms with Gasteiger partial charge in [0.15, 0.2) is 0 Å². The number of carbonyl (C=O) groups is 3. The summed E-state index contributed by atoms with van der Waals surface area (Å²) < 4.78 is 0. The van der Waals surface area contributed by atoms with E-state index < -0.39 is 29.4 Å². The molecule has 2 atom stereocenters. The minimum atomic E-state index is -1.21. The minimum Gasteiger partial charge on any atom is -0.344 e. The zero-order valence-electron chi connectivity index (χ0n) is 17.9. The summed E-state index contributed by atoms with van der Waals surface area (Å²) in [5.41, 5.74) is 2.24. The highest BCUT2D eigenvalue weighted by atomic mass is 16.2. The third-order valence-electron chi connectivity index (χ3n) is 5.68. The van der Waals surface area contributed by atoms with Crippen molar-refractivity contribution >= 4 is 17.8 Å². The number of pyridine rings is 1. The maximum atomic E-state index is 13.1. The SMILES string of the molecule is Cc1ccc(C2(C)NC(=O)N(CC(=O)NC(c3ccccc3)c3ccncc3)C2=O)cc1. The molecule has 4 rings (SSSR count). The maximum Gasteiger partial charge on any atom is 0.325 e. The average molecular weight is 428 g/mol. The van der Waals surface area contributed by atoms with Crippen LogP contribution in [0.1, 0.15) is 35.2 Å². The van der Waals surface area contributed by atoms with Gasteiger partial charge in [0.2, 0.25) is 5.91 Å². The number of nitrogens with one attached hydrogen (secondary N) is 2. The van der Waals surface area contributed by atoms with Gasteiger partial charge < -0.3 is 10.6 Å².